The van der Waals surface area contributed by atoms with Crippen LogP contribution in [0.2, 0.25) is 0 Å². The predicted molar refractivity (Wildman–Crippen MR) is 58.8 cm³/mol. The molecule has 0 atom stereocenters. The molecule has 15 heavy (non-hydrogen) atoms. The van der Waals surface area contributed by atoms with Crippen LogP contribution in [-0.2, 0) is 4.79 Å². The van der Waals surface area contributed by atoms with Crippen molar-refractivity contribution in [2.24, 2.45) is 0 Å². The van der Waals surface area contributed by atoms with Crippen molar-refractivity contribution in [1.82, 2.24) is 4.90 Å². The fraction of sp³-hybridized carbons (Fsp3) is 0.667. The number of amides is 1. The van der Waals surface area contributed by atoms with Gasteiger partial charge in [-0.05, 0) is 12.8 Å². The Labute approximate surface area is 92.7 Å². The summed E-state index contributed by atoms with van der Waals surface area (Å²) in [6.07, 6.45) is 3.05. The van der Waals surface area contributed by atoms with Crippen LogP contribution in [0.25, 0.3) is 0 Å². The third kappa shape index (κ3) is 3.54. The van der Waals surface area contributed by atoms with E-state index in [-0.39, 0.29) is 5.91 Å². The van der Waals surface area contributed by atoms with Crippen molar-refractivity contribution < 1.29 is 9.72 Å². The minimum atomic E-state index is -0.500. The molecule has 1 fully saturated rings. The molecule has 0 aromatic carbocycles. The summed E-state index contributed by atoms with van der Waals surface area (Å²) in [7, 11) is 0. The number of hydrogen-bond donors (Lipinski definition) is 0. The van der Waals surface area contributed by atoms with Gasteiger partial charge in [-0.3, -0.25) is 14.9 Å². The number of carbonyl (C=O) groups is 1. The van der Waals surface area contributed by atoms with Gasteiger partial charge in [-0.15, -0.1) is 11.8 Å². The SMILES string of the molecule is CCCC(=O)N1CCCSC1=C[N+](=O)[O-]. The molecule has 0 radical (unpaired) electrons. The second-order valence-electron chi connectivity index (χ2n) is 3.25. The first-order chi connectivity index (χ1) is 7.15. The van der Waals surface area contributed by atoms with E-state index in [2.05, 4.69) is 0 Å². The second kappa shape index (κ2) is 5.75. The average molecular weight is 230 g/mol. The number of nitro groups is 1. The third-order valence-electron chi connectivity index (χ3n) is 2.02. The molecular formula is C9H14N2O3S. The Morgan fingerprint density at radius 2 is 2.47 bits per heavy atom. The Hall–Kier alpha value is -1.04. The van der Waals surface area contributed by atoms with Gasteiger partial charge in [0.25, 0.3) is 6.20 Å². The van der Waals surface area contributed by atoms with Crippen LogP contribution in [0, 0.1) is 10.1 Å². The normalized spacial score (nSPS) is 19.3. The first kappa shape index (κ1) is 12.0. The van der Waals surface area contributed by atoms with Crippen LogP contribution in [0.5, 0.6) is 0 Å². The average Bonchev–Trinajstić information content (AvgIpc) is 2.18. The maximum Gasteiger partial charge on any atom is 0.264 e. The van der Waals surface area contributed by atoms with Gasteiger partial charge < -0.3 is 4.90 Å². The summed E-state index contributed by atoms with van der Waals surface area (Å²) in [5, 5.41) is 10.8. The maximum absolute atomic E-state index is 11.6. The van der Waals surface area contributed by atoms with Crippen molar-refractivity contribution >= 4 is 17.7 Å². The van der Waals surface area contributed by atoms with Crippen LogP contribution in [0.15, 0.2) is 11.2 Å². The predicted octanol–water partition coefficient (Wildman–Crippen LogP) is 1.83. The van der Waals surface area contributed by atoms with Crippen LogP contribution in [0.1, 0.15) is 26.2 Å². The lowest BCUT2D eigenvalue weighted by Gasteiger charge is -2.27. The van der Waals surface area contributed by atoms with Crippen molar-refractivity contribution in [2.75, 3.05) is 12.3 Å². The highest BCUT2D eigenvalue weighted by atomic mass is 32.2. The molecule has 0 saturated carbocycles. The van der Waals surface area contributed by atoms with E-state index >= 15 is 0 Å². The first-order valence-corrected chi connectivity index (χ1v) is 5.92. The Balaban J connectivity index is 2.73. The highest BCUT2D eigenvalue weighted by Crippen LogP contribution is 2.27. The standard InChI is InChI=1S/C9H14N2O3S/c1-2-4-8(12)10-5-3-6-15-9(10)7-11(13)14/h7H,2-6H2,1H3. The van der Waals surface area contributed by atoms with E-state index in [9.17, 15) is 14.9 Å². The molecule has 0 aliphatic carbocycles. The molecular weight excluding hydrogens is 216 g/mol. The van der Waals surface area contributed by atoms with Gasteiger partial charge in [0.1, 0.15) is 5.03 Å². The molecule has 6 heteroatoms. The number of carbonyl (C=O) groups excluding carboxylic acids is 1. The van der Waals surface area contributed by atoms with Gasteiger partial charge in [-0.1, -0.05) is 6.92 Å². The minimum Gasteiger partial charge on any atom is -0.302 e. The number of rotatable bonds is 3. The van der Waals surface area contributed by atoms with Gasteiger partial charge in [0.2, 0.25) is 5.91 Å². The molecule has 1 aliphatic rings. The molecule has 1 heterocycles. The number of hydrogen-bond acceptors (Lipinski definition) is 4. The molecule has 1 rings (SSSR count). The number of nitrogens with zero attached hydrogens (tertiary/aromatic N) is 2. The lowest BCUT2D eigenvalue weighted by Crippen LogP contribution is -2.33. The van der Waals surface area contributed by atoms with E-state index in [1.807, 2.05) is 6.92 Å². The highest BCUT2D eigenvalue weighted by molar-refractivity contribution is 8.03. The Bertz CT molecular complexity index is 291. The molecule has 84 valence electrons. The first-order valence-electron chi connectivity index (χ1n) is 4.93. The van der Waals surface area contributed by atoms with Crippen LogP contribution >= 0.6 is 11.8 Å². The van der Waals surface area contributed by atoms with E-state index in [0.717, 1.165) is 24.8 Å². The second-order valence-corrected chi connectivity index (χ2v) is 4.37. The van der Waals surface area contributed by atoms with E-state index in [1.54, 1.807) is 0 Å². The quantitative estimate of drug-likeness (QED) is 0.548. The van der Waals surface area contributed by atoms with Crippen molar-refractivity contribution in [3.05, 3.63) is 21.3 Å². The van der Waals surface area contributed by atoms with Gasteiger partial charge in [-0.2, -0.15) is 0 Å². The summed E-state index contributed by atoms with van der Waals surface area (Å²) in [6, 6.07) is 0. The zero-order valence-corrected chi connectivity index (χ0v) is 9.46. The van der Waals surface area contributed by atoms with Gasteiger partial charge in [0.05, 0.1) is 4.92 Å². The van der Waals surface area contributed by atoms with Crippen molar-refractivity contribution in [3.63, 3.8) is 0 Å². The number of thioether (sulfide) groups is 1. The molecule has 5 nitrogen and oxygen atoms in total. The van der Waals surface area contributed by atoms with Crippen LogP contribution in [0.3, 0.4) is 0 Å². The Kier molecular flexibility index (Phi) is 4.61. The molecule has 0 unspecified atom stereocenters. The van der Waals surface area contributed by atoms with Crippen molar-refractivity contribution in [2.45, 2.75) is 26.2 Å². The maximum atomic E-state index is 11.6. The fourth-order valence-electron chi connectivity index (χ4n) is 1.38. The van der Waals surface area contributed by atoms with Gasteiger partial charge in [-0.25, -0.2) is 0 Å². The molecule has 1 aliphatic heterocycles. The smallest absolute Gasteiger partial charge is 0.264 e. The highest BCUT2D eigenvalue weighted by Gasteiger charge is 2.23. The van der Waals surface area contributed by atoms with Crippen molar-refractivity contribution in [1.29, 1.82) is 0 Å². The molecule has 0 N–H and O–H groups in total. The minimum absolute atomic E-state index is 0.0159. The van der Waals surface area contributed by atoms with Gasteiger partial charge >= 0.3 is 0 Å². The molecule has 1 saturated heterocycles. The van der Waals surface area contributed by atoms with E-state index in [0.29, 0.717) is 18.0 Å². The summed E-state index contributed by atoms with van der Waals surface area (Å²) in [5.74, 6) is 0.827. The van der Waals surface area contributed by atoms with Gasteiger partial charge in [0.15, 0.2) is 0 Å². The molecule has 1 amide bonds. The van der Waals surface area contributed by atoms with Crippen molar-refractivity contribution in [3.8, 4) is 0 Å². The Morgan fingerprint density at radius 3 is 3.07 bits per heavy atom. The summed E-state index contributed by atoms with van der Waals surface area (Å²) in [4.78, 5) is 23.0. The topological polar surface area (TPSA) is 63.5 Å². The summed E-state index contributed by atoms with van der Waals surface area (Å²) in [5.41, 5.74) is 0. The van der Waals surface area contributed by atoms with Crippen LogP contribution < -0.4 is 0 Å². The van der Waals surface area contributed by atoms with E-state index in [1.165, 1.54) is 16.7 Å². The van der Waals surface area contributed by atoms with Crippen LogP contribution in [-0.4, -0.2) is 28.0 Å². The molecule has 0 spiro atoms. The summed E-state index contributed by atoms with van der Waals surface area (Å²) < 4.78 is 0. The molecule has 0 aromatic rings. The zero-order valence-electron chi connectivity index (χ0n) is 8.64. The van der Waals surface area contributed by atoms with Crippen LogP contribution in [0.4, 0.5) is 0 Å². The summed E-state index contributed by atoms with van der Waals surface area (Å²) >= 11 is 1.38. The van der Waals surface area contributed by atoms with E-state index in [4.69, 9.17) is 0 Å². The van der Waals surface area contributed by atoms with E-state index < -0.39 is 4.92 Å². The lowest BCUT2D eigenvalue weighted by molar-refractivity contribution is -0.403. The monoisotopic (exact) mass is 230 g/mol. The zero-order chi connectivity index (χ0) is 11.3. The van der Waals surface area contributed by atoms with Gasteiger partial charge in [0, 0.05) is 18.7 Å². The largest absolute Gasteiger partial charge is 0.302 e. The molecule has 0 bridgehead atoms. The third-order valence-corrected chi connectivity index (χ3v) is 3.14. The molecule has 0 aromatic heterocycles. The fourth-order valence-corrected chi connectivity index (χ4v) is 2.37. The lowest BCUT2D eigenvalue weighted by atomic mass is 10.3. The Morgan fingerprint density at radius 1 is 1.73 bits per heavy atom. The summed E-state index contributed by atoms with van der Waals surface area (Å²) in [6.45, 7) is 2.53.